The highest BCUT2D eigenvalue weighted by molar-refractivity contribution is 5.98. The molecule has 0 aromatic carbocycles. The number of aliphatic hydroxyl groups is 1. The summed E-state index contributed by atoms with van der Waals surface area (Å²) in [7, 11) is 0. The molecule has 220 valence electrons. The van der Waals surface area contributed by atoms with Gasteiger partial charge in [-0.3, -0.25) is 14.4 Å². The number of nitrogens with zero attached hydrogens (tertiary/aromatic N) is 2. The molecule has 2 bridgehead atoms. The van der Waals surface area contributed by atoms with Crippen LogP contribution in [0.25, 0.3) is 0 Å². The summed E-state index contributed by atoms with van der Waals surface area (Å²) in [5, 5.41) is 9.14. The number of carbonyl (C=O) groups excluding carboxylic acids is 3. The lowest BCUT2D eigenvalue weighted by Crippen LogP contribution is -2.58. The molecule has 1 N–H and O–H groups in total. The molecule has 3 aliphatic heterocycles. The number of hydrogen-bond donors (Lipinski definition) is 1. The average molecular weight is 547 g/mol. The monoisotopic (exact) mass is 546 g/mol. The first-order valence-electron chi connectivity index (χ1n) is 15.0. The Morgan fingerprint density at radius 3 is 2.59 bits per heavy atom. The van der Waals surface area contributed by atoms with Gasteiger partial charge in [-0.1, -0.05) is 38.3 Å². The van der Waals surface area contributed by atoms with Crippen LogP contribution < -0.4 is 0 Å². The molecule has 6 atom stereocenters. The van der Waals surface area contributed by atoms with E-state index in [-0.39, 0.29) is 24.5 Å². The minimum Gasteiger partial charge on any atom is -0.465 e. The Hall–Kier alpha value is -2.19. The van der Waals surface area contributed by atoms with Crippen molar-refractivity contribution in [2.24, 2.45) is 11.8 Å². The van der Waals surface area contributed by atoms with Gasteiger partial charge in [-0.25, -0.2) is 0 Å². The Labute approximate surface area is 234 Å². The zero-order valence-electron chi connectivity index (χ0n) is 24.4. The van der Waals surface area contributed by atoms with Crippen LogP contribution in [0.15, 0.2) is 25.3 Å². The molecule has 3 rings (SSSR count). The first kappa shape index (κ1) is 31.3. The van der Waals surface area contributed by atoms with E-state index in [2.05, 4.69) is 20.1 Å². The highest BCUT2D eigenvalue weighted by Gasteiger charge is 2.78. The third-order valence-corrected chi connectivity index (χ3v) is 8.97. The first-order chi connectivity index (χ1) is 18.7. The van der Waals surface area contributed by atoms with Crippen LogP contribution in [-0.2, 0) is 23.9 Å². The van der Waals surface area contributed by atoms with Gasteiger partial charge in [-0.15, -0.1) is 13.2 Å². The molecule has 0 radical (unpaired) electrons. The van der Waals surface area contributed by atoms with E-state index in [0.29, 0.717) is 39.0 Å². The van der Waals surface area contributed by atoms with Crippen LogP contribution in [0.5, 0.6) is 0 Å². The molecule has 0 aromatic rings. The third-order valence-electron chi connectivity index (χ3n) is 8.97. The maximum Gasteiger partial charge on any atom is 0.312 e. The molecule has 3 unspecified atom stereocenters. The zero-order valence-corrected chi connectivity index (χ0v) is 24.4. The Bertz CT molecular complexity index is 892. The van der Waals surface area contributed by atoms with Gasteiger partial charge in [0.15, 0.2) is 0 Å². The van der Waals surface area contributed by atoms with Gasteiger partial charge >= 0.3 is 5.97 Å². The molecule has 3 fully saturated rings. The van der Waals surface area contributed by atoms with Crippen LogP contribution in [0.3, 0.4) is 0 Å². The van der Waals surface area contributed by atoms with Crippen molar-refractivity contribution in [2.45, 2.75) is 115 Å². The van der Waals surface area contributed by atoms with E-state index < -0.39 is 35.0 Å². The number of amides is 2. The van der Waals surface area contributed by atoms with Gasteiger partial charge in [0, 0.05) is 25.7 Å². The standard InChI is InChI=1S/C31H50N2O6/c1-6-9-10-15-22-38-29(37)25-24-27(35)33(20-13-11-12-14-21-34)26(31(24)18-17-30(25,5)39-31)28(36)32(19-8-3)23(4)16-7-2/h6,8,23-26,34H,1,3,7,9-22H2,2,4-5H3/t23?,24-,25+,26?,30-,31?/m0/s1. The molecule has 1 spiro atoms. The maximum atomic E-state index is 14.4. The first-order valence-corrected chi connectivity index (χ1v) is 15.0. The number of likely N-dealkylation sites (tertiary alicyclic amines) is 1. The quantitative estimate of drug-likeness (QED) is 0.155. The number of esters is 1. The predicted octanol–water partition coefficient (Wildman–Crippen LogP) is 4.41. The van der Waals surface area contributed by atoms with Crippen LogP contribution >= 0.6 is 0 Å². The van der Waals surface area contributed by atoms with E-state index in [1.807, 2.05) is 24.8 Å². The van der Waals surface area contributed by atoms with Crippen LogP contribution in [-0.4, -0.2) is 82.3 Å². The summed E-state index contributed by atoms with van der Waals surface area (Å²) in [6.45, 7) is 14.9. The fourth-order valence-corrected chi connectivity index (χ4v) is 7.06. The number of hydrogen-bond acceptors (Lipinski definition) is 6. The highest BCUT2D eigenvalue weighted by atomic mass is 16.6. The fourth-order valence-electron chi connectivity index (χ4n) is 7.06. The van der Waals surface area contributed by atoms with Crippen molar-refractivity contribution in [3.8, 4) is 0 Å². The van der Waals surface area contributed by atoms with E-state index in [1.165, 1.54) is 0 Å². The van der Waals surface area contributed by atoms with Gasteiger partial charge < -0.3 is 24.4 Å². The summed E-state index contributed by atoms with van der Waals surface area (Å²) in [5.74, 6) is -2.14. The summed E-state index contributed by atoms with van der Waals surface area (Å²) in [4.78, 5) is 45.5. The second-order valence-electron chi connectivity index (χ2n) is 11.8. The van der Waals surface area contributed by atoms with Gasteiger partial charge in [-0.05, 0) is 65.2 Å². The average Bonchev–Trinajstić information content (AvgIpc) is 3.47. The molecular weight excluding hydrogens is 496 g/mol. The van der Waals surface area contributed by atoms with Crippen molar-refractivity contribution < 1.29 is 29.0 Å². The third kappa shape index (κ3) is 6.27. The zero-order chi connectivity index (χ0) is 28.6. The minimum absolute atomic E-state index is 0.0111. The highest BCUT2D eigenvalue weighted by Crippen LogP contribution is 2.63. The second-order valence-corrected chi connectivity index (χ2v) is 11.8. The van der Waals surface area contributed by atoms with Gasteiger partial charge in [0.1, 0.15) is 17.6 Å². The lowest BCUT2D eigenvalue weighted by atomic mass is 9.66. The van der Waals surface area contributed by atoms with Gasteiger partial charge in [0.05, 0.1) is 18.1 Å². The molecule has 3 aliphatic rings. The maximum absolute atomic E-state index is 14.4. The number of fused-ring (bicyclic) bond motifs is 1. The SMILES string of the molecule is C=CCCCCOC(=O)[C@H]1[C@H]2C(=O)N(CCCCCCO)C(C(=O)N(CC=C)C(C)CCC)C23CC[C@]1(C)O3. The lowest BCUT2D eigenvalue weighted by Gasteiger charge is -2.39. The summed E-state index contributed by atoms with van der Waals surface area (Å²) in [5.41, 5.74) is -1.87. The Kier molecular flexibility index (Phi) is 11.2. The summed E-state index contributed by atoms with van der Waals surface area (Å²) < 4.78 is 12.4. The fraction of sp³-hybridized carbons (Fsp3) is 0.774. The molecule has 0 saturated carbocycles. The molecule has 3 saturated heterocycles. The molecule has 8 heteroatoms. The van der Waals surface area contributed by atoms with Crippen LogP contribution in [0.4, 0.5) is 0 Å². The predicted molar refractivity (Wildman–Crippen MR) is 151 cm³/mol. The summed E-state index contributed by atoms with van der Waals surface area (Å²) >= 11 is 0. The van der Waals surface area contributed by atoms with Gasteiger partial charge in [-0.2, -0.15) is 0 Å². The number of allylic oxidation sites excluding steroid dienone is 1. The normalized spacial score (nSPS) is 29.8. The largest absolute Gasteiger partial charge is 0.465 e. The number of aliphatic hydroxyl groups excluding tert-OH is 1. The van der Waals surface area contributed by atoms with Crippen LogP contribution in [0.1, 0.15) is 91.4 Å². The van der Waals surface area contributed by atoms with E-state index in [0.717, 1.165) is 51.4 Å². The molecular formula is C31H50N2O6. The lowest BCUT2D eigenvalue weighted by molar-refractivity contribution is -0.160. The van der Waals surface area contributed by atoms with E-state index in [4.69, 9.17) is 14.6 Å². The van der Waals surface area contributed by atoms with Crippen molar-refractivity contribution >= 4 is 17.8 Å². The second kappa shape index (κ2) is 13.9. The molecule has 8 nitrogen and oxygen atoms in total. The van der Waals surface area contributed by atoms with Gasteiger partial charge in [0.25, 0.3) is 0 Å². The number of rotatable bonds is 18. The van der Waals surface area contributed by atoms with Crippen molar-refractivity contribution in [1.29, 1.82) is 0 Å². The van der Waals surface area contributed by atoms with Crippen molar-refractivity contribution in [1.82, 2.24) is 9.80 Å². The Balaban J connectivity index is 1.91. The molecule has 2 amide bonds. The van der Waals surface area contributed by atoms with Crippen LogP contribution in [0.2, 0.25) is 0 Å². The topological polar surface area (TPSA) is 96.4 Å². The summed E-state index contributed by atoms with van der Waals surface area (Å²) in [6, 6.07) is -0.790. The number of carbonyl (C=O) groups is 3. The van der Waals surface area contributed by atoms with Crippen LogP contribution in [0, 0.1) is 11.8 Å². The van der Waals surface area contributed by atoms with Gasteiger partial charge in [0.2, 0.25) is 11.8 Å². The van der Waals surface area contributed by atoms with Crippen molar-refractivity contribution in [3.63, 3.8) is 0 Å². The molecule has 0 aromatic heterocycles. The number of unbranched alkanes of at least 4 members (excludes halogenated alkanes) is 5. The van der Waals surface area contributed by atoms with Crippen molar-refractivity contribution in [2.75, 3.05) is 26.3 Å². The van der Waals surface area contributed by atoms with Crippen molar-refractivity contribution in [3.05, 3.63) is 25.3 Å². The smallest absolute Gasteiger partial charge is 0.312 e. The number of ether oxygens (including phenoxy) is 2. The summed E-state index contributed by atoms with van der Waals surface area (Å²) in [6.07, 6.45) is 12.1. The van der Waals surface area contributed by atoms with E-state index in [9.17, 15) is 14.4 Å². The minimum atomic E-state index is -1.04. The molecule has 39 heavy (non-hydrogen) atoms. The molecule has 0 aliphatic carbocycles. The molecule has 3 heterocycles. The Morgan fingerprint density at radius 2 is 1.92 bits per heavy atom. The van der Waals surface area contributed by atoms with E-state index in [1.54, 1.807) is 11.0 Å². The van der Waals surface area contributed by atoms with E-state index >= 15 is 0 Å². The Morgan fingerprint density at radius 1 is 1.18 bits per heavy atom.